The molecular formula is C20H23ClN2O2S. The highest BCUT2D eigenvalue weighted by molar-refractivity contribution is 7.24. The van der Waals surface area contributed by atoms with E-state index in [2.05, 4.69) is 17.1 Å². The fraction of sp³-hybridized carbons (Fsp3) is 0.350. The van der Waals surface area contributed by atoms with Crippen LogP contribution in [0.5, 0.6) is 0 Å². The number of rotatable bonds is 7. The zero-order chi connectivity index (χ0) is 18.7. The zero-order valence-corrected chi connectivity index (χ0v) is 16.6. The quantitative estimate of drug-likeness (QED) is 0.596. The summed E-state index contributed by atoms with van der Waals surface area (Å²) in [4.78, 5) is 15.3. The third-order valence-corrected chi connectivity index (χ3v) is 6.11. The molecule has 0 aliphatic heterocycles. The van der Waals surface area contributed by atoms with Crippen molar-refractivity contribution < 1.29 is 5.11 Å². The van der Waals surface area contributed by atoms with E-state index in [0.717, 1.165) is 45.7 Å². The third-order valence-electron chi connectivity index (χ3n) is 4.59. The highest BCUT2D eigenvalue weighted by Gasteiger charge is 2.12. The molecule has 0 saturated heterocycles. The number of fused-ring (bicyclic) bond motifs is 2. The number of hydrogen-bond acceptors (Lipinski definition) is 5. The van der Waals surface area contributed by atoms with E-state index in [0.29, 0.717) is 17.0 Å². The Bertz CT molecular complexity index is 987. The van der Waals surface area contributed by atoms with Crippen LogP contribution in [-0.2, 0) is 0 Å². The number of aliphatic hydroxyl groups is 1. The van der Waals surface area contributed by atoms with Gasteiger partial charge in [0.15, 0.2) is 5.43 Å². The highest BCUT2D eigenvalue weighted by atomic mass is 35.5. The van der Waals surface area contributed by atoms with Crippen LogP contribution in [0.2, 0.25) is 5.02 Å². The number of halogens is 1. The lowest BCUT2D eigenvalue weighted by atomic mass is 10.1. The van der Waals surface area contributed by atoms with Gasteiger partial charge in [-0.3, -0.25) is 9.69 Å². The molecule has 2 aromatic carbocycles. The number of aryl methyl sites for hydroxylation is 1. The zero-order valence-electron chi connectivity index (χ0n) is 15.0. The van der Waals surface area contributed by atoms with Gasteiger partial charge in [0, 0.05) is 45.1 Å². The average Bonchev–Trinajstić information content (AvgIpc) is 2.63. The second-order valence-electron chi connectivity index (χ2n) is 6.29. The molecule has 0 saturated carbocycles. The first-order valence-corrected chi connectivity index (χ1v) is 9.97. The van der Waals surface area contributed by atoms with Crippen LogP contribution < -0.4 is 10.7 Å². The topological polar surface area (TPSA) is 52.6 Å². The van der Waals surface area contributed by atoms with Crippen molar-refractivity contribution in [2.45, 2.75) is 13.8 Å². The fourth-order valence-corrected chi connectivity index (χ4v) is 4.57. The maximum Gasteiger partial charge on any atom is 0.197 e. The molecule has 0 amide bonds. The van der Waals surface area contributed by atoms with Crippen molar-refractivity contribution in [3.05, 3.63) is 51.1 Å². The maximum atomic E-state index is 13.1. The number of nitrogens with one attached hydrogen (secondary N) is 1. The van der Waals surface area contributed by atoms with Crippen LogP contribution in [0.15, 0.2) is 35.1 Å². The summed E-state index contributed by atoms with van der Waals surface area (Å²) >= 11 is 7.71. The summed E-state index contributed by atoms with van der Waals surface area (Å²) in [5, 5.41) is 14.6. The van der Waals surface area contributed by atoms with Gasteiger partial charge in [0.25, 0.3) is 0 Å². The number of aliphatic hydroxyl groups excluding tert-OH is 1. The molecule has 0 aliphatic carbocycles. The first-order valence-electron chi connectivity index (χ1n) is 8.78. The maximum absolute atomic E-state index is 13.1. The first kappa shape index (κ1) is 19.1. The molecule has 3 rings (SSSR count). The van der Waals surface area contributed by atoms with Crippen molar-refractivity contribution in [1.82, 2.24) is 4.90 Å². The van der Waals surface area contributed by atoms with Crippen molar-refractivity contribution in [2.75, 3.05) is 38.1 Å². The smallest absolute Gasteiger partial charge is 0.197 e. The Morgan fingerprint density at radius 1 is 1.23 bits per heavy atom. The van der Waals surface area contributed by atoms with Gasteiger partial charge in [0.2, 0.25) is 0 Å². The van der Waals surface area contributed by atoms with Crippen molar-refractivity contribution >= 4 is 48.8 Å². The van der Waals surface area contributed by atoms with E-state index in [1.807, 2.05) is 31.2 Å². The minimum absolute atomic E-state index is 0.0410. The molecule has 0 fully saturated rings. The summed E-state index contributed by atoms with van der Waals surface area (Å²) in [6.45, 7) is 7.33. The normalized spacial score (nSPS) is 11.6. The summed E-state index contributed by atoms with van der Waals surface area (Å²) in [6.07, 6.45) is 0. The summed E-state index contributed by atoms with van der Waals surface area (Å²) < 4.78 is 1.91. The Labute approximate surface area is 162 Å². The van der Waals surface area contributed by atoms with Gasteiger partial charge in [-0.2, -0.15) is 0 Å². The molecule has 0 bridgehead atoms. The number of nitrogens with zero attached hydrogens (tertiary/aromatic N) is 1. The van der Waals surface area contributed by atoms with Crippen molar-refractivity contribution in [2.24, 2.45) is 0 Å². The van der Waals surface area contributed by atoms with Gasteiger partial charge in [-0.05, 0) is 43.3 Å². The molecule has 1 heterocycles. The number of benzene rings is 2. The van der Waals surface area contributed by atoms with Crippen LogP contribution in [0.4, 0.5) is 5.69 Å². The molecule has 0 atom stereocenters. The van der Waals surface area contributed by atoms with Gasteiger partial charge in [0.05, 0.1) is 12.0 Å². The van der Waals surface area contributed by atoms with E-state index in [4.69, 9.17) is 16.7 Å². The van der Waals surface area contributed by atoms with Crippen LogP contribution in [-0.4, -0.2) is 42.8 Å². The lowest BCUT2D eigenvalue weighted by Crippen LogP contribution is -2.31. The second kappa shape index (κ2) is 8.35. The largest absolute Gasteiger partial charge is 0.395 e. The molecule has 3 aromatic rings. The number of anilines is 1. The van der Waals surface area contributed by atoms with Gasteiger partial charge < -0.3 is 10.4 Å². The molecule has 0 aliphatic rings. The molecule has 0 spiro atoms. The predicted octanol–water partition coefficient (Wildman–Crippen LogP) is 4.10. The predicted molar refractivity (Wildman–Crippen MR) is 113 cm³/mol. The molecule has 0 unspecified atom stereocenters. The van der Waals surface area contributed by atoms with E-state index >= 15 is 0 Å². The highest BCUT2D eigenvalue weighted by Crippen LogP contribution is 2.32. The van der Waals surface area contributed by atoms with E-state index in [-0.39, 0.29) is 12.0 Å². The Morgan fingerprint density at radius 3 is 2.77 bits per heavy atom. The summed E-state index contributed by atoms with van der Waals surface area (Å²) in [5.74, 6) is 0. The van der Waals surface area contributed by atoms with Gasteiger partial charge in [0.1, 0.15) is 0 Å². The van der Waals surface area contributed by atoms with E-state index in [9.17, 15) is 4.79 Å². The van der Waals surface area contributed by atoms with E-state index in [1.54, 1.807) is 17.4 Å². The first-order chi connectivity index (χ1) is 12.5. The van der Waals surface area contributed by atoms with E-state index in [1.165, 1.54) is 0 Å². The van der Waals surface area contributed by atoms with Gasteiger partial charge >= 0.3 is 0 Å². The fourth-order valence-electron chi connectivity index (χ4n) is 3.12. The minimum Gasteiger partial charge on any atom is -0.395 e. The van der Waals surface area contributed by atoms with Crippen LogP contribution >= 0.6 is 22.9 Å². The van der Waals surface area contributed by atoms with Crippen LogP contribution in [0.3, 0.4) is 0 Å². The summed E-state index contributed by atoms with van der Waals surface area (Å²) in [7, 11) is 0. The van der Waals surface area contributed by atoms with Gasteiger partial charge in [-0.15, -0.1) is 11.3 Å². The van der Waals surface area contributed by atoms with E-state index < -0.39 is 0 Å². The molecule has 1 aromatic heterocycles. The average molecular weight is 391 g/mol. The number of likely N-dealkylation sites (N-methyl/N-ethyl adjacent to an activating group) is 1. The Hall–Kier alpha value is -1.66. The Balaban J connectivity index is 2.00. The molecule has 0 radical (unpaired) electrons. The Kier molecular flexibility index (Phi) is 6.14. The van der Waals surface area contributed by atoms with Gasteiger partial charge in [-0.25, -0.2) is 0 Å². The Morgan fingerprint density at radius 2 is 2.04 bits per heavy atom. The molecular weight excluding hydrogens is 368 g/mol. The molecule has 2 N–H and O–H groups in total. The second-order valence-corrected chi connectivity index (χ2v) is 7.78. The molecule has 6 heteroatoms. The van der Waals surface area contributed by atoms with Gasteiger partial charge in [-0.1, -0.05) is 24.6 Å². The van der Waals surface area contributed by atoms with Crippen LogP contribution in [0.25, 0.3) is 20.2 Å². The van der Waals surface area contributed by atoms with Crippen molar-refractivity contribution in [3.8, 4) is 0 Å². The standard InChI is InChI=1S/C20H23ClN2O2S/c1-3-23(10-11-24)9-8-22-16-7-4-13(2)20-18(16)19(25)15-6-5-14(21)12-17(15)26-20/h4-7,12,22,24H,3,8-11H2,1-2H3. The van der Waals surface area contributed by atoms with Crippen LogP contribution in [0, 0.1) is 6.92 Å². The number of hydrogen-bond donors (Lipinski definition) is 2. The SMILES string of the molecule is CCN(CCO)CCNc1ccc(C)c2sc3cc(Cl)ccc3c(=O)c12. The summed E-state index contributed by atoms with van der Waals surface area (Å²) in [5.41, 5.74) is 1.99. The minimum atomic E-state index is 0.0410. The lowest BCUT2D eigenvalue weighted by Gasteiger charge is -2.20. The molecule has 138 valence electrons. The summed E-state index contributed by atoms with van der Waals surface area (Å²) in [6, 6.07) is 9.46. The molecule has 26 heavy (non-hydrogen) atoms. The van der Waals surface area contributed by atoms with Crippen molar-refractivity contribution in [3.63, 3.8) is 0 Å². The van der Waals surface area contributed by atoms with Crippen molar-refractivity contribution in [1.29, 1.82) is 0 Å². The molecule has 4 nitrogen and oxygen atoms in total. The lowest BCUT2D eigenvalue weighted by molar-refractivity contribution is 0.206. The van der Waals surface area contributed by atoms with Crippen LogP contribution in [0.1, 0.15) is 12.5 Å². The monoisotopic (exact) mass is 390 g/mol. The third kappa shape index (κ3) is 3.86.